The van der Waals surface area contributed by atoms with Crippen LogP contribution in [0.4, 0.5) is 0 Å². The highest BCUT2D eigenvalue weighted by Gasteiger charge is 2.18. The summed E-state index contributed by atoms with van der Waals surface area (Å²) < 4.78 is 7.21. The predicted molar refractivity (Wildman–Crippen MR) is 92.0 cm³/mol. The molecule has 24 heavy (non-hydrogen) atoms. The molecule has 1 amide bonds. The average molecular weight is 323 g/mol. The van der Waals surface area contributed by atoms with Crippen LogP contribution < -0.4 is 5.32 Å². The van der Waals surface area contributed by atoms with Gasteiger partial charge in [-0.05, 0) is 45.0 Å². The average Bonchev–Trinajstić information content (AvgIpc) is 3.20. The summed E-state index contributed by atoms with van der Waals surface area (Å²) in [6, 6.07) is 13.4. The highest BCUT2D eigenvalue weighted by molar-refractivity contribution is 5.79. The zero-order chi connectivity index (χ0) is 17.1. The molecule has 1 N–H and O–H groups in total. The first-order chi connectivity index (χ1) is 11.6. The Kier molecular flexibility index (Phi) is 4.51. The third-order valence-corrected chi connectivity index (χ3v) is 4.13. The first-order valence-electron chi connectivity index (χ1n) is 7.99. The molecule has 5 heteroatoms. The molecule has 0 saturated heterocycles. The Morgan fingerprint density at radius 2 is 1.96 bits per heavy atom. The van der Waals surface area contributed by atoms with E-state index >= 15 is 0 Å². The zero-order valence-corrected chi connectivity index (χ0v) is 14.1. The molecular formula is C19H21N3O2. The van der Waals surface area contributed by atoms with Crippen LogP contribution in [0.15, 0.2) is 53.1 Å². The summed E-state index contributed by atoms with van der Waals surface area (Å²) in [6.45, 7) is 5.83. The number of aryl methyl sites for hydroxylation is 1. The molecule has 0 aliphatic rings. The molecule has 1 atom stereocenters. The molecule has 0 saturated carbocycles. The lowest BCUT2D eigenvalue weighted by Gasteiger charge is -2.11. The predicted octanol–water partition coefficient (Wildman–Crippen LogP) is 3.50. The third-order valence-electron chi connectivity index (χ3n) is 4.13. The fraction of sp³-hybridized carbons (Fsp3) is 0.263. The summed E-state index contributed by atoms with van der Waals surface area (Å²) in [5, 5.41) is 7.55. The lowest BCUT2D eigenvalue weighted by atomic mass is 10.1. The van der Waals surface area contributed by atoms with Crippen LogP contribution in [-0.2, 0) is 11.2 Å². The number of aromatic nitrogens is 2. The third kappa shape index (κ3) is 3.25. The molecule has 1 aromatic carbocycles. The highest BCUT2D eigenvalue weighted by atomic mass is 16.3. The van der Waals surface area contributed by atoms with Gasteiger partial charge in [0.15, 0.2) is 0 Å². The van der Waals surface area contributed by atoms with Crippen molar-refractivity contribution < 1.29 is 9.21 Å². The molecule has 2 aromatic heterocycles. The number of para-hydroxylation sites is 1. The van der Waals surface area contributed by atoms with E-state index in [0.29, 0.717) is 6.42 Å². The van der Waals surface area contributed by atoms with E-state index in [4.69, 9.17) is 4.42 Å². The number of nitrogens with one attached hydrogen (secondary N) is 1. The summed E-state index contributed by atoms with van der Waals surface area (Å²) >= 11 is 0. The van der Waals surface area contributed by atoms with Crippen LogP contribution in [0.25, 0.3) is 5.69 Å². The van der Waals surface area contributed by atoms with Crippen molar-refractivity contribution in [3.63, 3.8) is 0 Å². The molecule has 5 nitrogen and oxygen atoms in total. The second-order valence-corrected chi connectivity index (χ2v) is 5.88. The van der Waals surface area contributed by atoms with Gasteiger partial charge in [-0.3, -0.25) is 4.79 Å². The van der Waals surface area contributed by atoms with Crippen LogP contribution in [0.2, 0.25) is 0 Å². The van der Waals surface area contributed by atoms with Crippen molar-refractivity contribution in [2.24, 2.45) is 0 Å². The largest absolute Gasteiger partial charge is 0.467 e. The topological polar surface area (TPSA) is 60.1 Å². The van der Waals surface area contributed by atoms with Gasteiger partial charge in [-0.1, -0.05) is 18.2 Å². The summed E-state index contributed by atoms with van der Waals surface area (Å²) in [5.74, 6) is 0.703. The Morgan fingerprint density at radius 3 is 2.62 bits per heavy atom. The first kappa shape index (κ1) is 16.1. The van der Waals surface area contributed by atoms with Gasteiger partial charge >= 0.3 is 0 Å². The number of hydrogen-bond donors (Lipinski definition) is 1. The maximum absolute atomic E-state index is 12.4. The Hall–Kier alpha value is -2.82. The minimum absolute atomic E-state index is 0.0438. The summed E-state index contributed by atoms with van der Waals surface area (Å²) in [5.41, 5.74) is 3.81. The Bertz CT molecular complexity index is 820. The number of carbonyl (C=O) groups excluding carboxylic acids is 1. The Balaban J connectivity index is 1.76. The molecule has 0 fully saturated rings. The van der Waals surface area contributed by atoms with E-state index in [-0.39, 0.29) is 11.9 Å². The van der Waals surface area contributed by atoms with E-state index in [1.165, 1.54) is 0 Å². The molecule has 3 aromatic rings. The lowest BCUT2D eigenvalue weighted by molar-refractivity contribution is -0.121. The minimum Gasteiger partial charge on any atom is -0.467 e. The number of furan rings is 1. The summed E-state index contributed by atoms with van der Waals surface area (Å²) in [7, 11) is 0. The van der Waals surface area contributed by atoms with Gasteiger partial charge in [0.2, 0.25) is 5.91 Å². The number of benzene rings is 1. The number of rotatable bonds is 5. The van der Waals surface area contributed by atoms with Crippen molar-refractivity contribution in [3.05, 3.63) is 71.4 Å². The highest BCUT2D eigenvalue weighted by Crippen LogP contribution is 2.19. The molecule has 3 rings (SSSR count). The molecule has 0 aliphatic heterocycles. The van der Waals surface area contributed by atoms with Crippen molar-refractivity contribution in [3.8, 4) is 5.69 Å². The fourth-order valence-electron chi connectivity index (χ4n) is 2.81. The number of amides is 1. The van der Waals surface area contributed by atoms with E-state index in [1.807, 2.05) is 67.9 Å². The van der Waals surface area contributed by atoms with Gasteiger partial charge in [0.25, 0.3) is 0 Å². The van der Waals surface area contributed by atoms with Crippen LogP contribution in [0.3, 0.4) is 0 Å². The van der Waals surface area contributed by atoms with Gasteiger partial charge in [0.05, 0.1) is 30.1 Å². The second kappa shape index (κ2) is 6.74. The quantitative estimate of drug-likeness (QED) is 0.782. The van der Waals surface area contributed by atoms with Gasteiger partial charge < -0.3 is 9.73 Å². The van der Waals surface area contributed by atoms with Crippen LogP contribution in [-0.4, -0.2) is 15.7 Å². The van der Waals surface area contributed by atoms with Crippen molar-refractivity contribution in [2.45, 2.75) is 33.2 Å². The number of carbonyl (C=O) groups is 1. The van der Waals surface area contributed by atoms with Gasteiger partial charge in [-0.2, -0.15) is 5.10 Å². The molecule has 0 radical (unpaired) electrons. The normalized spacial score (nSPS) is 12.1. The summed E-state index contributed by atoms with van der Waals surface area (Å²) in [6.07, 6.45) is 1.91. The summed E-state index contributed by atoms with van der Waals surface area (Å²) in [4.78, 5) is 12.4. The van der Waals surface area contributed by atoms with Crippen LogP contribution >= 0.6 is 0 Å². The zero-order valence-electron chi connectivity index (χ0n) is 14.1. The fourth-order valence-corrected chi connectivity index (χ4v) is 2.81. The number of nitrogens with zero attached hydrogens (tertiary/aromatic N) is 2. The molecule has 2 heterocycles. The van der Waals surface area contributed by atoms with E-state index in [1.54, 1.807) is 6.26 Å². The van der Waals surface area contributed by atoms with E-state index in [2.05, 4.69) is 10.4 Å². The maximum atomic E-state index is 12.4. The maximum Gasteiger partial charge on any atom is 0.225 e. The second-order valence-electron chi connectivity index (χ2n) is 5.88. The first-order valence-corrected chi connectivity index (χ1v) is 7.99. The van der Waals surface area contributed by atoms with Gasteiger partial charge in [0.1, 0.15) is 5.76 Å². The van der Waals surface area contributed by atoms with E-state index in [0.717, 1.165) is 28.4 Å². The SMILES string of the molecule is Cc1nn(-c2ccccc2)c(C)c1CC(=O)N[C@@H](C)c1ccco1. The Morgan fingerprint density at radius 1 is 1.21 bits per heavy atom. The Labute approximate surface area is 141 Å². The van der Waals surface area contributed by atoms with Crippen molar-refractivity contribution in [1.82, 2.24) is 15.1 Å². The van der Waals surface area contributed by atoms with E-state index < -0.39 is 0 Å². The van der Waals surface area contributed by atoms with Crippen LogP contribution in [0.5, 0.6) is 0 Å². The monoisotopic (exact) mass is 323 g/mol. The standard InChI is InChI=1S/C19H21N3O2/c1-13-17(12-19(23)20-14(2)18-10-7-11-24-18)15(3)22(21-13)16-8-5-4-6-9-16/h4-11,14H,12H2,1-3H3,(H,20,23)/t14-/m0/s1. The smallest absolute Gasteiger partial charge is 0.225 e. The van der Waals surface area contributed by atoms with Crippen LogP contribution in [0, 0.1) is 13.8 Å². The molecule has 0 unspecified atom stereocenters. The van der Waals surface area contributed by atoms with E-state index in [9.17, 15) is 4.79 Å². The van der Waals surface area contributed by atoms with Crippen LogP contribution in [0.1, 0.15) is 35.7 Å². The lowest BCUT2D eigenvalue weighted by Crippen LogP contribution is -2.28. The molecule has 0 aliphatic carbocycles. The minimum atomic E-state index is -0.155. The molecule has 0 bridgehead atoms. The van der Waals surface area contributed by atoms with Gasteiger partial charge in [0, 0.05) is 11.3 Å². The molecule has 124 valence electrons. The van der Waals surface area contributed by atoms with Crippen molar-refractivity contribution in [2.75, 3.05) is 0 Å². The number of hydrogen-bond acceptors (Lipinski definition) is 3. The van der Waals surface area contributed by atoms with Crippen molar-refractivity contribution in [1.29, 1.82) is 0 Å². The molecular weight excluding hydrogens is 302 g/mol. The van der Waals surface area contributed by atoms with Gasteiger partial charge in [-0.15, -0.1) is 0 Å². The van der Waals surface area contributed by atoms with Crippen molar-refractivity contribution >= 4 is 5.91 Å². The molecule has 0 spiro atoms. The van der Waals surface area contributed by atoms with Gasteiger partial charge in [-0.25, -0.2) is 4.68 Å².